The molecule has 90 valence electrons. The SMILES string of the molecule is COc1ccsc1C(=O)NCc1nccn1C. The van der Waals surface area contributed by atoms with Crippen molar-refractivity contribution in [2.45, 2.75) is 6.54 Å². The largest absolute Gasteiger partial charge is 0.495 e. The normalized spacial score (nSPS) is 10.2. The first-order valence-corrected chi connectivity index (χ1v) is 5.96. The molecule has 0 saturated heterocycles. The molecule has 5 nitrogen and oxygen atoms in total. The Bertz CT molecular complexity index is 518. The molecule has 0 aromatic carbocycles. The number of carbonyl (C=O) groups is 1. The average molecular weight is 251 g/mol. The lowest BCUT2D eigenvalue weighted by molar-refractivity contribution is 0.0951. The Balaban J connectivity index is 2.01. The summed E-state index contributed by atoms with van der Waals surface area (Å²) in [4.78, 5) is 16.6. The van der Waals surface area contributed by atoms with Gasteiger partial charge in [-0.2, -0.15) is 0 Å². The highest BCUT2D eigenvalue weighted by molar-refractivity contribution is 7.12. The summed E-state index contributed by atoms with van der Waals surface area (Å²) in [6, 6.07) is 1.78. The van der Waals surface area contributed by atoms with E-state index in [9.17, 15) is 4.79 Å². The molecule has 0 radical (unpaired) electrons. The zero-order chi connectivity index (χ0) is 12.3. The van der Waals surface area contributed by atoms with Crippen LogP contribution in [-0.2, 0) is 13.6 Å². The summed E-state index contributed by atoms with van der Waals surface area (Å²) in [6.07, 6.45) is 3.54. The van der Waals surface area contributed by atoms with Crippen LogP contribution in [0.2, 0.25) is 0 Å². The molecule has 6 heteroatoms. The molecule has 0 atom stereocenters. The van der Waals surface area contributed by atoms with Gasteiger partial charge in [-0.3, -0.25) is 4.79 Å². The van der Waals surface area contributed by atoms with Gasteiger partial charge in [0.05, 0.1) is 13.7 Å². The van der Waals surface area contributed by atoms with Gasteiger partial charge in [0.1, 0.15) is 16.5 Å². The lowest BCUT2D eigenvalue weighted by Gasteiger charge is -2.05. The van der Waals surface area contributed by atoms with E-state index in [-0.39, 0.29) is 5.91 Å². The third-order valence-electron chi connectivity index (χ3n) is 2.38. The Kier molecular flexibility index (Phi) is 3.43. The van der Waals surface area contributed by atoms with Crippen LogP contribution in [0.5, 0.6) is 5.75 Å². The maximum Gasteiger partial charge on any atom is 0.265 e. The van der Waals surface area contributed by atoms with Gasteiger partial charge in [-0.1, -0.05) is 0 Å². The fraction of sp³-hybridized carbons (Fsp3) is 0.273. The van der Waals surface area contributed by atoms with Crippen molar-refractivity contribution in [2.24, 2.45) is 7.05 Å². The van der Waals surface area contributed by atoms with Crippen LogP contribution in [-0.4, -0.2) is 22.6 Å². The van der Waals surface area contributed by atoms with Crippen LogP contribution in [0.4, 0.5) is 0 Å². The number of methoxy groups -OCH3 is 1. The van der Waals surface area contributed by atoms with Gasteiger partial charge >= 0.3 is 0 Å². The molecular formula is C11H13N3O2S. The number of carbonyl (C=O) groups excluding carboxylic acids is 1. The Labute approximate surface area is 103 Å². The number of nitrogens with zero attached hydrogens (tertiary/aromatic N) is 2. The summed E-state index contributed by atoms with van der Waals surface area (Å²) in [5.74, 6) is 1.28. The first-order valence-electron chi connectivity index (χ1n) is 5.08. The quantitative estimate of drug-likeness (QED) is 0.894. The highest BCUT2D eigenvalue weighted by Gasteiger charge is 2.13. The van der Waals surface area contributed by atoms with Gasteiger partial charge in [-0.05, 0) is 11.4 Å². The molecule has 1 N–H and O–H groups in total. The number of aromatic nitrogens is 2. The second-order valence-corrected chi connectivity index (χ2v) is 4.37. The first kappa shape index (κ1) is 11.7. The zero-order valence-electron chi connectivity index (χ0n) is 9.64. The summed E-state index contributed by atoms with van der Waals surface area (Å²) in [7, 11) is 3.44. The molecule has 0 bridgehead atoms. The van der Waals surface area contributed by atoms with Crippen molar-refractivity contribution in [1.29, 1.82) is 0 Å². The predicted octanol–water partition coefficient (Wildman–Crippen LogP) is 1.42. The van der Waals surface area contributed by atoms with Gasteiger partial charge in [0.25, 0.3) is 5.91 Å². The third-order valence-corrected chi connectivity index (χ3v) is 3.28. The number of nitrogens with one attached hydrogen (secondary N) is 1. The maximum absolute atomic E-state index is 11.9. The Hall–Kier alpha value is -1.82. The van der Waals surface area contributed by atoms with E-state index in [1.54, 1.807) is 19.4 Å². The molecule has 0 aliphatic heterocycles. The molecule has 0 unspecified atom stereocenters. The summed E-state index contributed by atoms with van der Waals surface area (Å²) < 4.78 is 6.96. The first-order chi connectivity index (χ1) is 8.22. The smallest absolute Gasteiger partial charge is 0.265 e. The number of rotatable bonds is 4. The minimum absolute atomic E-state index is 0.139. The number of thiophene rings is 1. The number of hydrogen-bond donors (Lipinski definition) is 1. The molecular weight excluding hydrogens is 238 g/mol. The van der Waals surface area contributed by atoms with Gasteiger partial charge in [0.2, 0.25) is 0 Å². The van der Waals surface area contributed by atoms with Gasteiger partial charge in [0, 0.05) is 19.4 Å². The topological polar surface area (TPSA) is 56.1 Å². The van der Waals surface area contributed by atoms with Crippen molar-refractivity contribution in [3.63, 3.8) is 0 Å². The molecule has 2 heterocycles. The van der Waals surface area contributed by atoms with Crippen molar-refractivity contribution in [3.05, 3.63) is 34.5 Å². The summed E-state index contributed by atoms with van der Waals surface area (Å²) in [6.45, 7) is 0.406. The molecule has 0 aliphatic rings. The highest BCUT2D eigenvalue weighted by Crippen LogP contribution is 2.23. The molecule has 17 heavy (non-hydrogen) atoms. The predicted molar refractivity (Wildman–Crippen MR) is 65.2 cm³/mol. The fourth-order valence-corrected chi connectivity index (χ4v) is 2.20. The lowest BCUT2D eigenvalue weighted by atomic mass is 10.4. The fourth-order valence-electron chi connectivity index (χ4n) is 1.43. The number of aryl methyl sites for hydroxylation is 1. The van der Waals surface area contributed by atoms with Crippen LogP contribution in [0.25, 0.3) is 0 Å². The molecule has 2 aromatic heterocycles. The van der Waals surface area contributed by atoms with Crippen molar-refractivity contribution in [2.75, 3.05) is 7.11 Å². The minimum Gasteiger partial charge on any atom is -0.495 e. The zero-order valence-corrected chi connectivity index (χ0v) is 10.5. The van der Waals surface area contributed by atoms with Gasteiger partial charge in [0.15, 0.2) is 0 Å². The molecule has 0 fully saturated rings. The van der Waals surface area contributed by atoms with Crippen LogP contribution < -0.4 is 10.1 Å². The van der Waals surface area contributed by atoms with E-state index in [1.807, 2.05) is 23.2 Å². The van der Waals surface area contributed by atoms with Crippen LogP contribution in [0.1, 0.15) is 15.5 Å². The van der Waals surface area contributed by atoms with E-state index in [2.05, 4.69) is 10.3 Å². The molecule has 0 spiro atoms. The number of ether oxygens (including phenoxy) is 1. The van der Waals surface area contributed by atoms with E-state index < -0.39 is 0 Å². The van der Waals surface area contributed by atoms with Crippen LogP contribution in [0, 0.1) is 0 Å². The molecule has 1 amide bonds. The second kappa shape index (κ2) is 5.01. The maximum atomic E-state index is 11.9. The van der Waals surface area contributed by atoms with Gasteiger partial charge < -0.3 is 14.6 Å². The van der Waals surface area contributed by atoms with E-state index in [4.69, 9.17) is 4.74 Å². The third kappa shape index (κ3) is 2.47. The number of amides is 1. The molecule has 0 saturated carbocycles. The molecule has 0 aliphatic carbocycles. The van der Waals surface area contributed by atoms with Crippen molar-refractivity contribution >= 4 is 17.2 Å². The van der Waals surface area contributed by atoms with Crippen molar-refractivity contribution in [3.8, 4) is 5.75 Å². The summed E-state index contributed by atoms with van der Waals surface area (Å²) in [5, 5.41) is 4.64. The van der Waals surface area contributed by atoms with E-state index in [0.29, 0.717) is 17.2 Å². The van der Waals surface area contributed by atoms with E-state index >= 15 is 0 Å². The monoisotopic (exact) mass is 251 g/mol. The Morgan fingerprint density at radius 1 is 1.65 bits per heavy atom. The van der Waals surface area contributed by atoms with Gasteiger partial charge in [-0.15, -0.1) is 11.3 Å². The highest BCUT2D eigenvalue weighted by atomic mass is 32.1. The Morgan fingerprint density at radius 2 is 2.47 bits per heavy atom. The van der Waals surface area contributed by atoms with Crippen LogP contribution >= 0.6 is 11.3 Å². The van der Waals surface area contributed by atoms with Crippen LogP contribution in [0.3, 0.4) is 0 Å². The van der Waals surface area contributed by atoms with E-state index in [0.717, 1.165) is 5.82 Å². The average Bonchev–Trinajstić information content (AvgIpc) is 2.94. The number of hydrogen-bond acceptors (Lipinski definition) is 4. The summed E-state index contributed by atoms with van der Waals surface area (Å²) in [5.41, 5.74) is 0. The van der Waals surface area contributed by atoms with Crippen LogP contribution in [0.15, 0.2) is 23.8 Å². The van der Waals surface area contributed by atoms with Gasteiger partial charge in [-0.25, -0.2) is 4.98 Å². The van der Waals surface area contributed by atoms with E-state index in [1.165, 1.54) is 11.3 Å². The molecule has 2 aromatic rings. The summed E-state index contributed by atoms with van der Waals surface area (Å²) >= 11 is 1.36. The minimum atomic E-state index is -0.139. The van der Waals surface area contributed by atoms with Crippen molar-refractivity contribution in [1.82, 2.24) is 14.9 Å². The second-order valence-electron chi connectivity index (χ2n) is 3.46. The molecule has 2 rings (SSSR count). The Morgan fingerprint density at radius 3 is 3.12 bits per heavy atom. The number of imidazole rings is 1. The standard InChI is InChI=1S/C11H13N3O2S/c1-14-5-4-12-9(14)7-13-11(15)10-8(16-2)3-6-17-10/h3-6H,7H2,1-2H3,(H,13,15). The van der Waals surface area contributed by atoms with Crippen molar-refractivity contribution < 1.29 is 9.53 Å². The lowest BCUT2D eigenvalue weighted by Crippen LogP contribution is -2.23.